The van der Waals surface area contributed by atoms with Gasteiger partial charge in [-0.15, -0.1) is 0 Å². The summed E-state index contributed by atoms with van der Waals surface area (Å²) in [6, 6.07) is 20.1. The van der Waals surface area contributed by atoms with Crippen molar-refractivity contribution in [2.45, 2.75) is 19.1 Å². The number of aryl methyl sites for hydroxylation is 1. The van der Waals surface area contributed by atoms with Crippen molar-refractivity contribution in [1.29, 1.82) is 0 Å². The minimum absolute atomic E-state index is 0.239. The fourth-order valence-electron chi connectivity index (χ4n) is 5.01. The molecule has 0 spiro atoms. The molecule has 36 heavy (non-hydrogen) atoms. The summed E-state index contributed by atoms with van der Waals surface area (Å²) in [6.45, 7) is 2.08. The Morgan fingerprint density at radius 3 is 2.31 bits per heavy atom. The zero-order valence-corrected chi connectivity index (χ0v) is 20.5. The Morgan fingerprint density at radius 2 is 1.61 bits per heavy atom. The molecule has 3 heterocycles. The number of nitrogens with zero attached hydrogens (tertiary/aromatic N) is 3. The lowest BCUT2D eigenvalue weighted by molar-refractivity contribution is 0.221. The first-order valence-corrected chi connectivity index (χ1v) is 11.7. The number of hydrogen-bond acceptors (Lipinski definition) is 7. The van der Waals surface area contributed by atoms with Crippen LogP contribution >= 0.6 is 0 Å². The van der Waals surface area contributed by atoms with Gasteiger partial charge in [-0.05, 0) is 36.8 Å². The molecule has 6 rings (SSSR count). The first kappa shape index (κ1) is 22.0. The molecular formula is C28H26N4O4. The summed E-state index contributed by atoms with van der Waals surface area (Å²) in [5, 5.41) is 8.12. The third-order valence-corrected chi connectivity index (χ3v) is 6.70. The lowest BCUT2D eigenvalue weighted by atomic mass is 9.84. The van der Waals surface area contributed by atoms with E-state index in [0.29, 0.717) is 23.2 Å². The van der Waals surface area contributed by atoms with E-state index < -0.39 is 6.10 Å². The highest BCUT2D eigenvalue weighted by molar-refractivity contribution is 5.85. The SMILES string of the molecule is COc1cc([C@@H]2Oc3ccccc3C3=C2[C@H](c2ccc(C)cc2)n2ncnc2N3)cc(OC)c1OC. The van der Waals surface area contributed by atoms with Crippen LogP contribution in [0.2, 0.25) is 0 Å². The zero-order valence-electron chi connectivity index (χ0n) is 20.5. The number of benzene rings is 3. The van der Waals surface area contributed by atoms with Crippen LogP contribution in [0, 0.1) is 6.92 Å². The molecule has 0 bridgehead atoms. The first-order chi connectivity index (χ1) is 17.6. The lowest BCUT2D eigenvalue weighted by Crippen LogP contribution is -2.32. The number of methoxy groups -OCH3 is 3. The van der Waals surface area contributed by atoms with Gasteiger partial charge in [0.2, 0.25) is 11.7 Å². The van der Waals surface area contributed by atoms with Gasteiger partial charge in [-0.1, -0.05) is 42.0 Å². The lowest BCUT2D eigenvalue weighted by Gasteiger charge is -2.39. The van der Waals surface area contributed by atoms with Crippen molar-refractivity contribution in [1.82, 2.24) is 14.8 Å². The average molecular weight is 483 g/mol. The summed E-state index contributed by atoms with van der Waals surface area (Å²) in [6.07, 6.45) is 1.11. The van der Waals surface area contributed by atoms with Crippen LogP contribution in [0.25, 0.3) is 5.70 Å². The molecule has 4 aromatic rings. The number of ether oxygens (including phenoxy) is 4. The van der Waals surface area contributed by atoms with Gasteiger partial charge in [-0.25, -0.2) is 4.68 Å². The third-order valence-electron chi connectivity index (χ3n) is 6.70. The van der Waals surface area contributed by atoms with E-state index in [2.05, 4.69) is 52.7 Å². The van der Waals surface area contributed by atoms with Crippen LogP contribution in [0.15, 0.2) is 72.6 Å². The van der Waals surface area contributed by atoms with Crippen molar-refractivity contribution in [3.63, 3.8) is 0 Å². The maximum atomic E-state index is 6.72. The maximum Gasteiger partial charge on any atom is 0.226 e. The Hall–Kier alpha value is -4.46. The van der Waals surface area contributed by atoms with Crippen LogP contribution < -0.4 is 24.3 Å². The molecule has 0 amide bonds. The van der Waals surface area contributed by atoms with Crippen LogP contribution in [0.1, 0.15) is 34.4 Å². The predicted molar refractivity (Wildman–Crippen MR) is 136 cm³/mol. The van der Waals surface area contributed by atoms with E-state index in [4.69, 9.17) is 18.9 Å². The minimum Gasteiger partial charge on any atom is -0.493 e. The van der Waals surface area contributed by atoms with Gasteiger partial charge in [0, 0.05) is 16.7 Å². The van der Waals surface area contributed by atoms with Gasteiger partial charge in [0.15, 0.2) is 11.5 Å². The molecule has 0 aliphatic carbocycles. The summed E-state index contributed by atoms with van der Waals surface area (Å²) in [5.41, 5.74) is 6.09. The molecule has 1 N–H and O–H groups in total. The molecule has 2 atom stereocenters. The fourth-order valence-corrected chi connectivity index (χ4v) is 5.01. The fraction of sp³-hybridized carbons (Fsp3) is 0.214. The molecular weight excluding hydrogens is 456 g/mol. The Labute approximate surface area is 209 Å². The second-order valence-corrected chi connectivity index (χ2v) is 8.75. The van der Waals surface area contributed by atoms with Gasteiger partial charge < -0.3 is 24.3 Å². The molecule has 2 aliphatic heterocycles. The van der Waals surface area contributed by atoms with Gasteiger partial charge in [-0.2, -0.15) is 10.1 Å². The summed E-state index contributed by atoms with van der Waals surface area (Å²) in [4.78, 5) is 4.50. The third kappa shape index (κ3) is 3.37. The smallest absolute Gasteiger partial charge is 0.226 e. The Morgan fingerprint density at radius 1 is 0.889 bits per heavy atom. The Balaban J connectivity index is 1.62. The zero-order chi connectivity index (χ0) is 24.8. The summed E-state index contributed by atoms with van der Waals surface area (Å²) in [7, 11) is 4.82. The van der Waals surface area contributed by atoms with Gasteiger partial charge in [0.25, 0.3) is 0 Å². The Kier molecular flexibility index (Phi) is 5.29. The van der Waals surface area contributed by atoms with Crippen molar-refractivity contribution in [3.05, 3.63) is 94.8 Å². The highest BCUT2D eigenvalue weighted by atomic mass is 16.5. The van der Waals surface area contributed by atoms with E-state index in [-0.39, 0.29) is 6.04 Å². The summed E-state index contributed by atoms with van der Waals surface area (Å²) < 4.78 is 25.5. The van der Waals surface area contributed by atoms with E-state index in [9.17, 15) is 0 Å². The minimum atomic E-state index is -0.459. The molecule has 0 fully saturated rings. The van der Waals surface area contributed by atoms with Crippen LogP contribution in [0.5, 0.6) is 23.0 Å². The van der Waals surface area contributed by atoms with Gasteiger partial charge in [-0.3, -0.25) is 0 Å². The standard InChI is InChI=1S/C28H26N4O4/c1-16-9-11-17(12-10-16)25-23-24(31-28-29-15-30-32(25)28)19-7-5-6-8-20(19)36-26(23)18-13-21(33-2)27(35-4)22(14-18)34-3/h5-15,25-26H,1-4H3,(H,29,30,31)/t25-,26-/m0/s1. The average Bonchev–Trinajstić information content (AvgIpc) is 3.39. The van der Waals surface area contributed by atoms with E-state index in [1.165, 1.54) is 5.56 Å². The number of aromatic nitrogens is 3. The molecule has 3 aromatic carbocycles. The van der Waals surface area contributed by atoms with Gasteiger partial charge in [0.05, 0.1) is 27.0 Å². The second-order valence-electron chi connectivity index (χ2n) is 8.75. The van der Waals surface area contributed by atoms with Crippen LogP contribution in [-0.4, -0.2) is 36.1 Å². The summed E-state index contributed by atoms with van der Waals surface area (Å²) >= 11 is 0. The van der Waals surface area contributed by atoms with Crippen molar-refractivity contribution in [2.24, 2.45) is 0 Å². The number of nitrogens with one attached hydrogen (secondary N) is 1. The molecule has 182 valence electrons. The van der Waals surface area contributed by atoms with E-state index in [0.717, 1.165) is 33.7 Å². The summed E-state index contributed by atoms with van der Waals surface area (Å²) in [5.74, 6) is 3.12. The molecule has 1 aromatic heterocycles. The van der Waals surface area contributed by atoms with Crippen molar-refractivity contribution < 1.29 is 18.9 Å². The molecule has 0 saturated heterocycles. The number of fused-ring (bicyclic) bond motifs is 3. The molecule has 8 heteroatoms. The number of anilines is 1. The highest BCUT2D eigenvalue weighted by Crippen LogP contribution is 2.52. The maximum absolute atomic E-state index is 6.72. The van der Waals surface area contributed by atoms with Crippen molar-refractivity contribution in [2.75, 3.05) is 26.6 Å². The monoisotopic (exact) mass is 482 g/mol. The Bertz CT molecular complexity index is 1450. The van der Waals surface area contributed by atoms with E-state index in [1.54, 1.807) is 27.7 Å². The second kappa shape index (κ2) is 8.64. The van der Waals surface area contributed by atoms with Crippen LogP contribution in [0.3, 0.4) is 0 Å². The molecule has 2 aliphatic rings. The van der Waals surface area contributed by atoms with Crippen LogP contribution in [-0.2, 0) is 0 Å². The molecule has 8 nitrogen and oxygen atoms in total. The van der Waals surface area contributed by atoms with Crippen molar-refractivity contribution >= 4 is 11.6 Å². The quantitative estimate of drug-likeness (QED) is 0.420. The van der Waals surface area contributed by atoms with Gasteiger partial charge in [0.1, 0.15) is 24.2 Å². The molecule has 0 radical (unpaired) electrons. The predicted octanol–water partition coefficient (Wildman–Crippen LogP) is 5.17. The highest BCUT2D eigenvalue weighted by Gasteiger charge is 2.41. The number of rotatable bonds is 5. The van der Waals surface area contributed by atoms with E-state index >= 15 is 0 Å². The number of para-hydroxylation sites is 1. The molecule has 0 saturated carbocycles. The topological polar surface area (TPSA) is 79.7 Å². The largest absolute Gasteiger partial charge is 0.493 e. The van der Waals surface area contributed by atoms with Gasteiger partial charge >= 0.3 is 0 Å². The van der Waals surface area contributed by atoms with Crippen LogP contribution in [0.4, 0.5) is 5.95 Å². The number of hydrogen-bond donors (Lipinski definition) is 1. The van der Waals surface area contributed by atoms with E-state index in [1.807, 2.05) is 35.0 Å². The first-order valence-electron chi connectivity index (χ1n) is 11.7. The normalized spacial score (nSPS) is 17.8. The van der Waals surface area contributed by atoms with Crippen molar-refractivity contribution in [3.8, 4) is 23.0 Å². The molecule has 0 unspecified atom stereocenters.